The van der Waals surface area contributed by atoms with E-state index < -0.39 is 11.9 Å². The van der Waals surface area contributed by atoms with Crippen molar-refractivity contribution in [1.29, 1.82) is 0 Å². The quantitative estimate of drug-likeness (QED) is 0.674. The number of nitrogen functional groups attached to an aromatic ring is 1. The number of rotatable bonds is 5. The molecule has 3 aromatic rings. The second-order valence-electron chi connectivity index (χ2n) is 6.12. The molecule has 9 heteroatoms. The molecule has 28 heavy (non-hydrogen) atoms. The molecule has 2 aromatic heterocycles. The van der Waals surface area contributed by atoms with Gasteiger partial charge in [0.25, 0.3) is 0 Å². The number of benzene rings is 1. The van der Waals surface area contributed by atoms with Crippen molar-refractivity contribution >= 4 is 11.6 Å². The van der Waals surface area contributed by atoms with Crippen LogP contribution in [0.4, 0.5) is 19.0 Å². The summed E-state index contributed by atoms with van der Waals surface area (Å²) < 4.78 is 44.8. The predicted octanol–water partition coefficient (Wildman–Crippen LogP) is 3.52. The summed E-state index contributed by atoms with van der Waals surface area (Å²) in [6.45, 7) is 0. The molecule has 0 bridgehead atoms. The highest BCUT2D eigenvalue weighted by Gasteiger charge is 2.35. The Morgan fingerprint density at radius 2 is 1.96 bits per heavy atom. The topological polar surface area (TPSA) is 83.0 Å². The van der Waals surface area contributed by atoms with Crippen LogP contribution in [-0.2, 0) is 19.6 Å². The lowest BCUT2D eigenvalue weighted by atomic mass is 10.0. The molecule has 0 aliphatic rings. The molecule has 2 N–H and O–H groups in total. The van der Waals surface area contributed by atoms with Crippen LogP contribution < -0.4 is 10.5 Å². The van der Waals surface area contributed by atoms with Crippen molar-refractivity contribution in [2.24, 2.45) is 7.05 Å². The van der Waals surface area contributed by atoms with Crippen LogP contribution in [0, 0.1) is 0 Å². The summed E-state index contributed by atoms with van der Waals surface area (Å²) >= 11 is 0. The molecule has 0 aliphatic heterocycles. The second-order valence-corrected chi connectivity index (χ2v) is 6.12. The van der Waals surface area contributed by atoms with E-state index in [1.54, 1.807) is 24.3 Å². The van der Waals surface area contributed by atoms with Gasteiger partial charge in [-0.2, -0.15) is 18.3 Å². The maximum Gasteiger partial charge on any atom is 0.435 e. The Balaban J connectivity index is 1.86. The fourth-order valence-corrected chi connectivity index (χ4v) is 2.76. The van der Waals surface area contributed by atoms with E-state index >= 15 is 0 Å². The van der Waals surface area contributed by atoms with Crippen LogP contribution in [0.25, 0.3) is 11.3 Å². The lowest BCUT2D eigenvalue weighted by molar-refractivity contribution is -0.141. The summed E-state index contributed by atoms with van der Waals surface area (Å²) in [6.07, 6.45) is -4.47. The number of alkyl halides is 3. The van der Waals surface area contributed by atoms with Crippen LogP contribution in [-0.4, -0.2) is 27.7 Å². The number of methoxy groups -OCH3 is 1. The number of ether oxygens (including phenoxy) is 1. The first-order valence-electron chi connectivity index (χ1n) is 8.23. The molecule has 2 heterocycles. The maximum absolute atomic E-state index is 12.9. The summed E-state index contributed by atoms with van der Waals surface area (Å²) in [5.74, 6) is 0.311. The fraction of sp³-hybridized carbons (Fsp3) is 0.211. The van der Waals surface area contributed by atoms with Crippen molar-refractivity contribution in [3.8, 4) is 17.0 Å². The normalized spacial score (nSPS) is 11.5. The minimum Gasteiger partial charge on any atom is -0.497 e. The molecule has 146 valence electrons. The standard InChI is InChI=1S/C19H17F3N4O2/c1-26-15(10-17(25-26)19(20,21)22)13-6-7-14(24-18(13)23)16(27)9-11-4-3-5-12(8-11)28-2/h3-8,10H,9H2,1-2H3,(H2,23,24). The molecule has 0 aliphatic carbocycles. The van der Waals surface area contributed by atoms with E-state index in [0.29, 0.717) is 5.75 Å². The number of carbonyl (C=O) groups excluding carboxylic acids is 1. The predicted molar refractivity (Wildman–Crippen MR) is 96.9 cm³/mol. The zero-order chi connectivity index (χ0) is 20.5. The van der Waals surface area contributed by atoms with Crippen molar-refractivity contribution in [2.45, 2.75) is 12.6 Å². The number of carbonyl (C=O) groups is 1. The number of Topliss-reactive ketones (excluding diaryl/α,β-unsaturated/α-hetero) is 1. The molecular weight excluding hydrogens is 373 g/mol. The largest absolute Gasteiger partial charge is 0.497 e. The third-order valence-electron chi connectivity index (χ3n) is 4.16. The van der Waals surface area contributed by atoms with Gasteiger partial charge in [-0.3, -0.25) is 9.48 Å². The van der Waals surface area contributed by atoms with E-state index in [0.717, 1.165) is 16.3 Å². The summed E-state index contributed by atoms with van der Waals surface area (Å²) in [5, 5.41) is 3.46. The molecule has 0 amide bonds. The van der Waals surface area contributed by atoms with Crippen LogP contribution in [0.1, 0.15) is 21.7 Å². The molecule has 3 rings (SSSR count). The van der Waals surface area contributed by atoms with Crippen LogP contribution in [0.2, 0.25) is 0 Å². The SMILES string of the molecule is COc1cccc(CC(=O)c2ccc(-c3cc(C(F)(F)F)nn3C)c(N)n2)c1. The smallest absolute Gasteiger partial charge is 0.435 e. The number of nitrogens with two attached hydrogens (primary N) is 1. The van der Waals surface area contributed by atoms with Gasteiger partial charge in [-0.05, 0) is 35.9 Å². The minimum absolute atomic E-state index is 0.0479. The van der Waals surface area contributed by atoms with Gasteiger partial charge in [0.15, 0.2) is 11.5 Å². The number of halogens is 3. The third kappa shape index (κ3) is 3.98. The van der Waals surface area contributed by atoms with E-state index in [2.05, 4.69) is 10.1 Å². The van der Waals surface area contributed by atoms with E-state index in [9.17, 15) is 18.0 Å². The Bertz CT molecular complexity index is 1030. The fourth-order valence-electron chi connectivity index (χ4n) is 2.76. The zero-order valence-corrected chi connectivity index (χ0v) is 15.1. The highest BCUT2D eigenvalue weighted by atomic mass is 19.4. The van der Waals surface area contributed by atoms with Gasteiger partial charge in [-0.1, -0.05) is 12.1 Å². The van der Waals surface area contributed by atoms with Crippen molar-refractivity contribution in [3.05, 3.63) is 59.4 Å². The van der Waals surface area contributed by atoms with Crippen LogP contribution in [0.3, 0.4) is 0 Å². The van der Waals surface area contributed by atoms with E-state index in [4.69, 9.17) is 10.5 Å². The zero-order valence-electron chi connectivity index (χ0n) is 15.1. The summed E-state index contributed by atoms with van der Waals surface area (Å²) in [4.78, 5) is 16.6. The third-order valence-corrected chi connectivity index (χ3v) is 4.16. The van der Waals surface area contributed by atoms with Crippen LogP contribution >= 0.6 is 0 Å². The van der Waals surface area contributed by atoms with Gasteiger partial charge in [0.2, 0.25) is 0 Å². The Morgan fingerprint density at radius 3 is 2.57 bits per heavy atom. The van der Waals surface area contributed by atoms with Gasteiger partial charge in [-0.25, -0.2) is 4.98 Å². The lowest BCUT2D eigenvalue weighted by Crippen LogP contribution is -2.09. The first-order chi connectivity index (χ1) is 13.2. The lowest BCUT2D eigenvalue weighted by Gasteiger charge is -2.08. The van der Waals surface area contributed by atoms with Gasteiger partial charge < -0.3 is 10.5 Å². The highest BCUT2D eigenvalue weighted by molar-refractivity contribution is 5.96. The van der Waals surface area contributed by atoms with Crippen molar-refractivity contribution < 1.29 is 22.7 Å². The molecule has 0 atom stereocenters. The molecule has 0 unspecified atom stereocenters. The maximum atomic E-state index is 12.9. The first kappa shape index (κ1) is 19.4. The Hall–Kier alpha value is -3.36. The molecule has 0 saturated heterocycles. The van der Waals surface area contributed by atoms with Crippen LogP contribution in [0.15, 0.2) is 42.5 Å². The summed E-state index contributed by atoms with van der Waals surface area (Å²) in [5.41, 5.74) is 6.18. The molecule has 0 spiro atoms. The van der Waals surface area contributed by atoms with Gasteiger partial charge in [0.05, 0.1) is 12.8 Å². The minimum atomic E-state index is -4.56. The van der Waals surface area contributed by atoms with E-state index in [1.807, 2.05) is 0 Å². The molecular formula is C19H17F3N4O2. The highest BCUT2D eigenvalue weighted by Crippen LogP contribution is 2.33. The van der Waals surface area contributed by atoms with E-state index in [1.165, 1.54) is 26.3 Å². The monoisotopic (exact) mass is 390 g/mol. The molecule has 6 nitrogen and oxygen atoms in total. The van der Waals surface area contributed by atoms with E-state index in [-0.39, 0.29) is 35.0 Å². The second kappa shape index (κ2) is 7.34. The molecule has 1 aromatic carbocycles. The summed E-state index contributed by atoms with van der Waals surface area (Å²) in [6, 6.07) is 10.9. The Labute approximate surface area is 158 Å². The number of nitrogens with zero attached hydrogens (tertiary/aromatic N) is 3. The number of hydrogen-bond acceptors (Lipinski definition) is 5. The molecule has 0 radical (unpaired) electrons. The Kier molecular flexibility index (Phi) is 5.08. The van der Waals surface area contributed by atoms with Crippen molar-refractivity contribution in [3.63, 3.8) is 0 Å². The number of aryl methyl sites for hydroxylation is 1. The molecule has 0 fully saturated rings. The number of pyridine rings is 1. The average molecular weight is 390 g/mol. The summed E-state index contributed by atoms with van der Waals surface area (Å²) in [7, 11) is 2.91. The number of hydrogen-bond donors (Lipinski definition) is 1. The molecule has 0 saturated carbocycles. The van der Waals surface area contributed by atoms with Gasteiger partial charge >= 0.3 is 6.18 Å². The van der Waals surface area contributed by atoms with Gasteiger partial charge in [-0.15, -0.1) is 0 Å². The number of ketones is 1. The van der Waals surface area contributed by atoms with Gasteiger partial charge in [0, 0.05) is 19.0 Å². The van der Waals surface area contributed by atoms with Crippen LogP contribution in [0.5, 0.6) is 5.75 Å². The van der Waals surface area contributed by atoms with Gasteiger partial charge in [0.1, 0.15) is 17.3 Å². The number of anilines is 1. The Morgan fingerprint density at radius 1 is 1.21 bits per heavy atom. The van der Waals surface area contributed by atoms with Crippen molar-refractivity contribution in [2.75, 3.05) is 12.8 Å². The number of aromatic nitrogens is 3. The first-order valence-corrected chi connectivity index (χ1v) is 8.23. The average Bonchev–Trinajstić information content (AvgIpc) is 3.03. The van der Waals surface area contributed by atoms with Crippen molar-refractivity contribution in [1.82, 2.24) is 14.8 Å².